The Hall–Kier alpha value is -3.06. The van der Waals surface area contributed by atoms with E-state index in [9.17, 15) is 10.1 Å². The molecular weight excluding hydrogens is 380 g/mol. The second-order valence-electron chi connectivity index (χ2n) is 7.85. The number of nitrogens with zero attached hydrogens (tertiary/aromatic N) is 3. The van der Waals surface area contributed by atoms with Gasteiger partial charge in [0.2, 0.25) is 11.8 Å². The third-order valence-corrected chi connectivity index (χ3v) is 5.11. The van der Waals surface area contributed by atoms with Gasteiger partial charge in [-0.25, -0.2) is 0 Å². The molecule has 0 fully saturated rings. The average Bonchev–Trinajstić information content (AvgIpc) is 3.23. The summed E-state index contributed by atoms with van der Waals surface area (Å²) in [5, 5.41) is 22.7. The molecule has 30 heavy (non-hydrogen) atoms. The van der Waals surface area contributed by atoms with Crippen LogP contribution in [0.4, 0.5) is 5.69 Å². The fraction of sp³-hybridized carbons (Fsp3) is 0.391. The molecule has 158 valence electrons. The molecule has 0 saturated carbocycles. The van der Waals surface area contributed by atoms with E-state index in [2.05, 4.69) is 60.6 Å². The van der Waals surface area contributed by atoms with Crippen LogP contribution in [0.5, 0.6) is 0 Å². The van der Waals surface area contributed by atoms with Crippen molar-refractivity contribution in [3.63, 3.8) is 0 Å². The Morgan fingerprint density at radius 2 is 1.70 bits per heavy atom. The van der Waals surface area contributed by atoms with Gasteiger partial charge >= 0.3 is 0 Å². The average molecular weight is 409 g/mol. The molecule has 0 radical (unpaired) electrons. The van der Waals surface area contributed by atoms with Crippen molar-refractivity contribution < 1.29 is 9.34 Å². The second-order valence-corrected chi connectivity index (χ2v) is 7.85. The summed E-state index contributed by atoms with van der Waals surface area (Å²) in [5.41, 5.74) is 3.25. The van der Waals surface area contributed by atoms with Crippen LogP contribution in [-0.2, 0) is 6.42 Å². The highest BCUT2D eigenvalue weighted by atomic mass is 16.6. The Kier molecular flexibility index (Phi) is 6.95. The quantitative estimate of drug-likeness (QED) is 0.363. The third kappa shape index (κ3) is 5.10. The number of rotatable bonds is 9. The van der Waals surface area contributed by atoms with Crippen LogP contribution in [0, 0.1) is 16.0 Å². The van der Waals surface area contributed by atoms with Gasteiger partial charge in [-0.05, 0) is 42.5 Å². The van der Waals surface area contributed by atoms with E-state index >= 15 is 0 Å². The number of benzene rings is 2. The maximum Gasteiger partial charge on any atom is 0.269 e. The van der Waals surface area contributed by atoms with E-state index in [-0.39, 0.29) is 17.8 Å². The van der Waals surface area contributed by atoms with Crippen molar-refractivity contribution >= 4 is 5.69 Å². The number of nitrogens with one attached hydrogen (secondary N) is 1. The summed E-state index contributed by atoms with van der Waals surface area (Å²) in [4.78, 5) is 10.4. The Morgan fingerprint density at radius 3 is 2.27 bits per heavy atom. The molecule has 0 amide bonds. The minimum Gasteiger partial charge on any atom is -0.419 e. The summed E-state index contributed by atoms with van der Waals surface area (Å²) in [6.45, 7) is 8.54. The Morgan fingerprint density at radius 1 is 1.03 bits per heavy atom. The molecule has 1 aromatic heterocycles. The van der Waals surface area contributed by atoms with Gasteiger partial charge in [0.05, 0.1) is 11.0 Å². The number of aromatic nitrogens is 2. The molecule has 1 N–H and O–H groups in total. The van der Waals surface area contributed by atoms with Crippen molar-refractivity contribution in [2.45, 2.75) is 52.6 Å². The van der Waals surface area contributed by atoms with Crippen LogP contribution in [0.2, 0.25) is 0 Å². The molecule has 0 bridgehead atoms. The molecule has 0 spiro atoms. The molecule has 7 nitrogen and oxygen atoms in total. The zero-order valence-electron chi connectivity index (χ0n) is 17.8. The lowest BCUT2D eigenvalue weighted by atomic mass is 9.94. The van der Waals surface area contributed by atoms with Crippen molar-refractivity contribution in [3.05, 3.63) is 75.7 Å². The Balaban J connectivity index is 1.73. The zero-order valence-corrected chi connectivity index (χ0v) is 17.8. The standard InChI is InChI=1S/C23H28N4O3/c1-5-6-17-7-9-18(10-8-17)21(15(2)3)24-16(4)22-25-26-23(30-22)19-11-13-20(14-12-19)27(28)29/h7-16,21,24H,5-6H2,1-4H3/t16-,21-/m1/s1. The smallest absolute Gasteiger partial charge is 0.269 e. The van der Waals surface area contributed by atoms with E-state index in [0.29, 0.717) is 23.3 Å². The molecule has 2 aromatic carbocycles. The SMILES string of the molecule is CCCc1ccc([C@H](N[C@H](C)c2nnc(-c3ccc([N+](=O)[O-])cc3)o2)C(C)C)cc1. The second kappa shape index (κ2) is 9.63. The number of nitro groups is 1. The van der Waals surface area contributed by atoms with Gasteiger partial charge in [0.1, 0.15) is 0 Å². The van der Waals surface area contributed by atoms with Gasteiger partial charge < -0.3 is 4.42 Å². The van der Waals surface area contributed by atoms with E-state index in [1.807, 2.05) is 6.92 Å². The summed E-state index contributed by atoms with van der Waals surface area (Å²) in [7, 11) is 0. The van der Waals surface area contributed by atoms with Gasteiger partial charge in [0, 0.05) is 23.7 Å². The summed E-state index contributed by atoms with van der Waals surface area (Å²) in [6.07, 6.45) is 2.22. The van der Waals surface area contributed by atoms with Gasteiger partial charge in [0.25, 0.3) is 5.69 Å². The molecule has 0 unspecified atom stereocenters. The number of aryl methyl sites for hydroxylation is 1. The predicted octanol–water partition coefficient (Wildman–Crippen LogP) is 5.65. The van der Waals surface area contributed by atoms with Crippen molar-refractivity contribution in [1.29, 1.82) is 0 Å². The van der Waals surface area contributed by atoms with Crippen molar-refractivity contribution in [1.82, 2.24) is 15.5 Å². The maximum absolute atomic E-state index is 10.8. The number of nitro benzene ring substituents is 1. The molecule has 0 saturated heterocycles. The first kappa shape index (κ1) is 21.6. The zero-order chi connectivity index (χ0) is 21.7. The van der Waals surface area contributed by atoms with E-state index in [4.69, 9.17) is 4.42 Å². The molecule has 3 rings (SSSR count). The third-order valence-electron chi connectivity index (χ3n) is 5.11. The fourth-order valence-corrected chi connectivity index (χ4v) is 3.45. The van der Waals surface area contributed by atoms with Crippen LogP contribution in [0.1, 0.15) is 63.2 Å². The normalized spacial score (nSPS) is 13.4. The van der Waals surface area contributed by atoms with E-state index in [1.54, 1.807) is 12.1 Å². The van der Waals surface area contributed by atoms with Crippen LogP contribution < -0.4 is 5.32 Å². The van der Waals surface area contributed by atoms with E-state index in [1.165, 1.54) is 23.3 Å². The topological polar surface area (TPSA) is 94.1 Å². The summed E-state index contributed by atoms with van der Waals surface area (Å²) < 4.78 is 5.84. The van der Waals surface area contributed by atoms with Gasteiger partial charge in [-0.1, -0.05) is 51.5 Å². The van der Waals surface area contributed by atoms with Crippen molar-refractivity contribution in [3.8, 4) is 11.5 Å². The van der Waals surface area contributed by atoms with Gasteiger partial charge in [-0.15, -0.1) is 10.2 Å². The fourth-order valence-electron chi connectivity index (χ4n) is 3.45. The van der Waals surface area contributed by atoms with E-state index < -0.39 is 4.92 Å². The maximum atomic E-state index is 10.8. The Labute approximate surface area is 176 Å². The van der Waals surface area contributed by atoms with E-state index in [0.717, 1.165) is 12.8 Å². The lowest BCUT2D eigenvalue weighted by Gasteiger charge is -2.25. The summed E-state index contributed by atoms with van der Waals surface area (Å²) in [6, 6.07) is 14.8. The largest absolute Gasteiger partial charge is 0.419 e. The van der Waals surface area contributed by atoms with Gasteiger partial charge in [0.15, 0.2) is 0 Å². The predicted molar refractivity (Wildman–Crippen MR) is 116 cm³/mol. The first-order valence-electron chi connectivity index (χ1n) is 10.3. The lowest BCUT2D eigenvalue weighted by Crippen LogP contribution is -2.28. The molecular formula is C23H28N4O3. The first-order valence-corrected chi connectivity index (χ1v) is 10.3. The molecule has 0 aliphatic carbocycles. The number of non-ortho nitro benzene ring substituents is 1. The Bertz CT molecular complexity index is 965. The highest BCUT2D eigenvalue weighted by molar-refractivity contribution is 5.55. The number of hydrogen-bond donors (Lipinski definition) is 1. The highest BCUT2D eigenvalue weighted by Crippen LogP contribution is 2.28. The van der Waals surface area contributed by atoms with Crippen LogP contribution in [0.15, 0.2) is 52.9 Å². The summed E-state index contributed by atoms with van der Waals surface area (Å²) in [5.74, 6) is 1.21. The molecule has 3 aromatic rings. The number of hydrogen-bond acceptors (Lipinski definition) is 6. The van der Waals surface area contributed by atoms with Crippen LogP contribution >= 0.6 is 0 Å². The van der Waals surface area contributed by atoms with Crippen LogP contribution in [-0.4, -0.2) is 15.1 Å². The molecule has 2 atom stereocenters. The molecule has 7 heteroatoms. The van der Waals surface area contributed by atoms with Crippen molar-refractivity contribution in [2.24, 2.45) is 5.92 Å². The highest BCUT2D eigenvalue weighted by Gasteiger charge is 2.22. The minimum absolute atomic E-state index is 0.0262. The summed E-state index contributed by atoms with van der Waals surface area (Å²) >= 11 is 0. The molecule has 0 aliphatic rings. The lowest BCUT2D eigenvalue weighted by molar-refractivity contribution is -0.384. The van der Waals surface area contributed by atoms with Crippen molar-refractivity contribution in [2.75, 3.05) is 0 Å². The first-order chi connectivity index (χ1) is 14.4. The molecule has 0 aliphatic heterocycles. The van der Waals surface area contributed by atoms with Gasteiger partial charge in [-0.2, -0.15) is 0 Å². The molecule has 1 heterocycles. The van der Waals surface area contributed by atoms with Gasteiger partial charge in [-0.3, -0.25) is 15.4 Å². The van der Waals surface area contributed by atoms with Crippen LogP contribution in [0.3, 0.4) is 0 Å². The monoisotopic (exact) mass is 408 g/mol. The van der Waals surface area contributed by atoms with Crippen LogP contribution in [0.25, 0.3) is 11.5 Å². The minimum atomic E-state index is -0.435.